The number of aromatic carboxylic acids is 1. The minimum atomic E-state index is -1.01. The van der Waals surface area contributed by atoms with E-state index in [0.717, 1.165) is 19.4 Å². The van der Waals surface area contributed by atoms with Crippen LogP contribution in [0.4, 0.5) is 5.82 Å². The Morgan fingerprint density at radius 2 is 2.16 bits per heavy atom. The summed E-state index contributed by atoms with van der Waals surface area (Å²) in [7, 11) is 0. The third kappa shape index (κ3) is 2.41. The number of pyridine rings is 1. The maximum Gasteiger partial charge on any atom is 0.354 e. The first-order valence-electron chi connectivity index (χ1n) is 6.42. The van der Waals surface area contributed by atoms with Crippen LogP contribution in [0.15, 0.2) is 18.2 Å². The van der Waals surface area contributed by atoms with Crippen LogP contribution < -0.4 is 4.90 Å². The van der Waals surface area contributed by atoms with Crippen molar-refractivity contribution in [2.75, 3.05) is 31.2 Å². The standard InChI is InChI=1S/C13H16N2O4/c16-12(17)10-3-1-4-11(14-10)15-6-2-5-13(9-15)18-7-8-19-13/h1,3-4H,2,5-9H2,(H,16,17). The number of carboxylic acid groups (broad SMARTS) is 1. The quantitative estimate of drug-likeness (QED) is 0.863. The zero-order valence-electron chi connectivity index (χ0n) is 10.5. The average Bonchev–Trinajstić information content (AvgIpc) is 2.87. The summed E-state index contributed by atoms with van der Waals surface area (Å²) in [6, 6.07) is 5.03. The highest BCUT2D eigenvalue weighted by Crippen LogP contribution is 2.31. The van der Waals surface area contributed by atoms with Crippen molar-refractivity contribution in [2.24, 2.45) is 0 Å². The first kappa shape index (κ1) is 12.4. The molecule has 3 heterocycles. The number of hydrogen-bond acceptors (Lipinski definition) is 5. The zero-order valence-corrected chi connectivity index (χ0v) is 10.5. The summed E-state index contributed by atoms with van der Waals surface area (Å²) in [6.07, 6.45) is 1.82. The molecule has 1 aromatic rings. The summed E-state index contributed by atoms with van der Waals surface area (Å²) < 4.78 is 11.4. The van der Waals surface area contributed by atoms with Gasteiger partial charge in [0.15, 0.2) is 11.5 Å². The minimum Gasteiger partial charge on any atom is -0.477 e. The Morgan fingerprint density at radius 3 is 2.89 bits per heavy atom. The van der Waals surface area contributed by atoms with Crippen LogP contribution in [0, 0.1) is 0 Å². The fourth-order valence-electron chi connectivity index (χ4n) is 2.63. The lowest BCUT2D eigenvalue weighted by Crippen LogP contribution is -2.49. The Morgan fingerprint density at radius 1 is 1.37 bits per heavy atom. The van der Waals surface area contributed by atoms with Crippen LogP contribution in [0.2, 0.25) is 0 Å². The summed E-state index contributed by atoms with van der Waals surface area (Å²) in [5.74, 6) is -0.876. The molecule has 6 heteroatoms. The minimum absolute atomic E-state index is 0.0605. The first-order chi connectivity index (χ1) is 9.19. The summed E-state index contributed by atoms with van der Waals surface area (Å²) in [4.78, 5) is 17.2. The fraction of sp³-hybridized carbons (Fsp3) is 0.538. The molecule has 2 fully saturated rings. The highest BCUT2D eigenvalue weighted by Gasteiger charge is 2.41. The predicted octanol–water partition coefficient (Wildman–Crippen LogP) is 1.12. The molecule has 0 aliphatic carbocycles. The van der Waals surface area contributed by atoms with E-state index in [-0.39, 0.29) is 5.69 Å². The lowest BCUT2D eigenvalue weighted by atomic mass is 10.0. The average molecular weight is 264 g/mol. The van der Waals surface area contributed by atoms with Crippen molar-refractivity contribution >= 4 is 11.8 Å². The molecule has 0 aromatic carbocycles. The van der Waals surface area contributed by atoms with E-state index in [1.807, 2.05) is 11.0 Å². The maximum atomic E-state index is 11.0. The molecule has 0 unspecified atom stereocenters. The molecule has 0 bridgehead atoms. The van der Waals surface area contributed by atoms with Crippen LogP contribution in [0.5, 0.6) is 0 Å². The van der Waals surface area contributed by atoms with Crippen molar-refractivity contribution < 1.29 is 19.4 Å². The molecule has 2 saturated heterocycles. The van der Waals surface area contributed by atoms with Crippen molar-refractivity contribution in [3.63, 3.8) is 0 Å². The van der Waals surface area contributed by atoms with Crippen LogP contribution >= 0.6 is 0 Å². The maximum absolute atomic E-state index is 11.0. The van der Waals surface area contributed by atoms with E-state index in [0.29, 0.717) is 25.6 Å². The van der Waals surface area contributed by atoms with Crippen LogP contribution in [-0.2, 0) is 9.47 Å². The smallest absolute Gasteiger partial charge is 0.354 e. The van der Waals surface area contributed by atoms with E-state index in [2.05, 4.69) is 4.98 Å². The van der Waals surface area contributed by atoms with Gasteiger partial charge in [-0.25, -0.2) is 9.78 Å². The fourth-order valence-corrected chi connectivity index (χ4v) is 2.63. The molecular weight excluding hydrogens is 248 g/mol. The number of hydrogen-bond donors (Lipinski definition) is 1. The number of anilines is 1. The van der Waals surface area contributed by atoms with Gasteiger partial charge in [0.2, 0.25) is 0 Å². The highest BCUT2D eigenvalue weighted by atomic mass is 16.7. The number of ether oxygens (including phenoxy) is 2. The lowest BCUT2D eigenvalue weighted by Gasteiger charge is -2.39. The van der Waals surface area contributed by atoms with Gasteiger partial charge in [0.05, 0.1) is 19.8 Å². The molecule has 102 valence electrons. The van der Waals surface area contributed by atoms with Crippen molar-refractivity contribution in [3.8, 4) is 0 Å². The number of carboxylic acids is 1. The summed E-state index contributed by atoms with van der Waals surface area (Å²) in [5.41, 5.74) is 0.0605. The van der Waals surface area contributed by atoms with Gasteiger partial charge in [-0.05, 0) is 18.6 Å². The number of carbonyl (C=O) groups is 1. The van der Waals surface area contributed by atoms with E-state index < -0.39 is 11.8 Å². The van der Waals surface area contributed by atoms with Gasteiger partial charge in [0.25, 0.3) is 0 Å². The third-order valence-corrected chi connectivity index (χ3v) is 3.51. The zero-order chi connectivity index (χ0) is 13.3. The van der Waals surface area contributed by atoms with Crippen LogP contribution in [0.25, 0.3) is 0 Å². The molecule has 0 atom stereocenters. The molecule has 1 spiro atoms. The second-order valence-corrected chi connectivity index (χ2v) is 4.82. The Labute approximate surface area is 111 Å². The Kier molecular flexibility index (Phi) is 3.12. The van der Waals surface area contributed by atoms with Gasteiger partial charge in [-0.15, -0.1) is 0 Å². The van der Waals surface area contributed by atoms with Gasteiger partial charge >= 0.3 is 5.97 Å². The summed E-state index contributed by atoms with van der Waals surface area (Å²) in [6.45, 7) is 2.68. The SMILES string of the molecule is O=C(O)c1cccc(N2CCCC3(C2)OCCO3)n1. The Bertz CT molecular complexity index is 485. The number of piperidine rings is 1. The van der Waals surface area contributed by atoms with Crippen molar-refractivity contribution in [1.29, 1.82) is 0 Å². The van der Waals surface area contributed by atoms with Crippen molar-refractivity contribution in [2.45, 2.75) is 18.6 Å². The van der Waals surface area contributed by atoms with Crippen molar-refractivity contribution in [1.82, 2.24) is 4.98 Å². The molecule has 19 heavy (non-hydrogen) atoms. The van der Waals surface area contributed by atoms with Gasteiger partial charge in [0, 0.05) is 13.0 Å². The Hall–Kier alpha value is -1.66. The third-order valence-electron chi connectivity index (χ3n) is 3.51. The molecule has 1 N–H and O–H groups in total. The largest absolute Gasteiger partial charge is 0.477 e. The second-order valence-electron chi connectivity index (χ2n) is 4.82. The molecule has 2 aliphatic heterocycles. The van der Waals surface area contributed by atoms with Gasteiger partial charge < -0.3 is 19.5 Å². The molecule has 3 rings (SSSR count). The van der Waals surface area contributed by atoms with Crippen LogP contribution in [0.1, 0.15) is 23.3 Å². The number of nitrogens with zero attached hydrogens (tertiary/aromatic N) is 2. The predicted molar refractivity (Wildman–Crippen MR) is 67.3 cm³/mol. The van der Waals surface area contributed by atoms with Gasteiger partial charge in [-0.2, -0.15) is 0 Å². The summed E-state index contributed by atoms with van der Waals surface area (Å²) in [5, 5.41) is 8.98. The molecule has 0 amide bonds. The normalized spacial score (nSPS) is 21.8. The topological polar surface area (TPSA) is 71.9 Å². The summed E-state index contributed by atoms with van der Waals surface area (Å²) >= 11 is 0. The molecule has 0 radical (unpaired) electrons. The van der Waals surface area contributed by atoms with Gasteiger partial charge in [0.1, 0.15) is 5.82 Å². The number of rotatable bonds is 2. The molecule has 6 nitrogen and oxygen atoms in total. The lowest BCUT2D eigenvalue weighted by molar-refractivity contribution is -0.161. The monoisotopic (exact) mass is 264 g/mol. The van der Waals surface area contributed by atoms with Crippen LogP contribution in [0.3, 0.4) is 0 Å². The van der Waals surface area contributed by atoms with Crippen molar-refractivity contribution in [3.05, 3.63) is 23.9 Å². The Balaban J connectivity index is 1.81. The molecule has 0 saturated carbocycles. The van der Waals surface area contributed by atoms with E-state index in [1.165, 1.54) is 6.07 Å². The van der Waals surface area contributed by atoms with Crippen LogP contribution in [-0.4, -0.2) is 48.2 Å². The van der Waals surface area contributed by atoms with E-state index >= 15 is 0 Å². The van der Waals surface area contributed by atoms with E-state index in [4.69, 9.17) is 14.6 Å². The molecular formula is C13H16N2O4. The van der Waals surface area contributed by atoms with Gasteiger partial charge in [-0.1, -0.05) is 6.07 Å². The highest BCUT2D eigenvalue weighted by molar-refractivity contribution is 5.85. The first-order valence-corrected chi connectivity index (χ1v) is 6.42. The van der Waals surface area contributed by atoms with E-state index in [9.17, 15) is 4.79 Å². The second kappa shape index (κ2) is 4.79. The molecule has 2 aliphatic rings. The molecule has 1 aromatic heterocycles. The number of aromatic nitrogens is 1. The van der Waals surface area contributed by atoms with Gasteiger partial charge in [-0.3, -0.25) is 0 Å². The van der Waals surface area contributed by atoms with E-state index in [1.54, 1.807) is 6.07 Å².